The van der Waals surface area contributed by atoms with Crippen molar-refractivity contribution in [1.82, 2.24) is 5.32 Å². The van der Waals surface area contributed by atoms with Gasteiger partial charge < -0.3 is 16.5 Å². The molecule has 0 aliphatic carbocycles. The van der Waals surface area contributed by atoms with Crippen LogP contribution in [0.3, 0.4) is 0 Å². The van der Waals surface area contributed by atoms with Gasteiger partial charge in [0.15, 0.2) is 0 Å². The quantitative estimate of drug-likeness (QED) is 0.560. The smallest absolute Gasteiger partial charge is 0.0690 e. The predicted molar refractivity (Wildman–Crippen MR) is 53.1 cm³/mol. The van der Waals surface area contributed by atoms with Crippen LogP contribution in [0.2, 0.25) is 0 Å². The molecule has 0 rings (SSSR count). The van der Waals surface area contributed by atoms with E-state index in [-0.39, 0.29) is 5.41 Å². The minimum absolute atomic E-state index is 0.171. The minimum atomic E-state index is -0.171. The molecular formula is C9H19N3. The maximum atomic E-state index is 7.69. The van der Waals surface area contributed by atoms with Crippen LogP contribution < -0.4 is 11.1 Å². The summed E-state index contributed by atoms with van der Waals surface area (Å²) in [7, 11) is 0. The number of nitrogens with two attached hydrogens (primary N) is 1. The molecule has 70 valence electrons. The lowest BCUT2D eigenvalue weighted by Gasteiger charge is -2.19. The third-order valence-corrected chi connectivity index (χ3v) is 1.50. The zero-order chi connectivity index (χ0) is 9.78. The molecular weight excluding hydrogens is 150 g/mol. The Morgan fingerprint density at radius 1 is 1.50 bits per heavy atom. The summed E-state index contributed by atoms with van der Waals surface area (Å²) < 4.78 is 0. The molecule has 0 saturated heterocycles. The van der Waals surface area contributed by atoms with Gasteiger partial charge in [0.2, 0.25) is 0 Å². The van der Waals surface area contributed by atoms with E-state index in [0.717, 1.165) is 6.54 Å². The Hall–Kier alpha value is -0.990. The zero-order valence-electron chi connectivity index (χ0n) is 8.36. The molecule has 4 N–H and O–H groups in total. The van der Waals surface area contributed by atoms with Gasteiger partial charge >= 0.3 is 0 Å². The van der Waals surface area contributed by atoms with Gasteiger partial charge in [0.25, 0.3) is 0 Å². The van der Waals surface area contributed by atoms with Gasteiger partial charge in [0.1, 0.15) is 0 Å². The van der Waals surface area contributed by atoms with Crippen LogP contribution in [0.1, 0.15) is 27.7 Å². The normalized spacial score (nSPS) is 12.8. The molecule has 0 bridgehead atoms. The molecule has 0 heterocycles. The summed E-state index contributed by atoms with van der Waals surface area (Å²) in [6, 6.07) is 0. The van der Waals surface area contributed by atoms with Crippen LogP contribution in [0.4, 0.5) is 0 Å². The number of rotatable bonds is 3. The van der Waals surface area contributed by atoms with Gasteiger partial charge in [-0.15, -0.1) is 0 Å². The fourth-order valence-corrected chi connectivity index (χ4v) is 0.717. The summed E-state index contributed by atoms with van der Waals surface area (Å²) in [4.78, 5) is 0. The SMILES string of the molecule is CCN/C=C(/N)C(=N)C(C)(C)C. The first-order chi connectivity index (χ1) is 5.39. The summed E-state index contributed by atoms with van der Waals surface area (Å²) in [5.74, 6) is 0. The fourth-order valence-electron chi connectivity index (χ4n) is 0.717. The van der Waals surface area contributed by atoms with E-state index in [1.807, 2.05) is 27.7 Å². The average Bonchev–Trinajstić information content (AvgIpc) is 1.97. The second-order valence-electron chi connectivity index (χ2n) is 3.78. The maximum Gasteiger partial charge on any atom is 0.0690 e. The highest BCUT2D eigenvalue weighted by Crippen LogP contribution is 2.17. The monoisotopic (exact) mass is 169 g/mol. The van der Waals surface area contributed by atoms with Gasteiger partial charge in [-0.05, 0) is 6.92 Å². The molecule has 0 aromatic carbocycles. The largest absolute Gasteiger partial charge is 0.396 e. The molecule has 0 unspecified atom stereocenters. The van der Waals surface area contributed by atoms with E-state index < -0.39 is 0 Å². The van der Waals surface area contributed by atoms with Gasteiger partial charge in [-0.3, -0.25) is 0 Å². The molecule has 12 heavy (non-hydrogen) atoms. The Balaban J connectivity index is 4.30. The number of nitrogens with one attached hydrogen (secondary N) is 2. The van der Waals surface area contributed by atoms with Gasteiger partial charge in [0, 0.05) is 18.2 Å². The second-order valence-corrected chi connectivity index (χ2v) is 3.78. The molecule has 0 amide bonds. The number of allylic oxidation sites excluding steroid dienone is 1. The molecule has 0 aliphatic heterocycles. The van der Waals surface area contributed by atoms with Crippen LogP contribution in [0.25, 0.3) is 0 Å². The van der Waals surface area contributed by atoms with E-state index in [9.17, 15) is 0 Å². The highest BCUT2D eigenvalue weighted by Gasteiger charge is 2.18. The Bertz CT molecular complexity index is 186. The minimum Gasteiger partial charge on any atom is -0.396 e. The van der Waals surface area contributed by atoms with Crippen molar-refractivity contribution in [3.63, 3.8) is 0 Å². The lowest BCUT2D eigenvalue weighted by molar-refractivity contribution is 0.586. The summed E-state index contributed by atoms with van der Waals surface area (Å²) >= 11 is 0. The third-order valence-electron chi connectivity index (χ3n) is 1.50. The van der Waals surface area contributed by atoms with E-state index >= 15 is 0 Å². The topological polar surface area (TPSA) is 61.9 Å². The first-order valence-corrected chi connectivity index (χ1v) is 4.18. The Morgan fingerprint density at radius 3 is 2.33 bits per heavy atom. The van der Waals surface area contributed by atoms with Crippen LogP contribution >= 0.6 is 0 Å². The molecule has 0 radical (unpaired) electrons. The Morgan fingerprint density at radius 2 is 2.00 bits per heavy atom. The van der Waals surface area contributed by atoms with Crippen LogP contribution in [-0.2, 0) is 0 Å². The van der Waals surface area contributed by atoms with Gasteiger partial charge in [-0.2, -0.15) is 0 Å². The summed E-state index contributed by atoms with van der Waals surface area (Å²) in [6.07, 6.45) is 1.69. The molecule has 0 saturated carbocycles. The summed E-state index contributed by atoms with van der Waals surface area (Å²) in [5, 5.41) is 10.7. The van der Waals surface area contributed by atoms with Crippen molar-refractivity contribution in [2.75, 3.05) is 6.54 Å². The van der Waals surface area contributed by atoms with Crippen LogP contribution in [-0.4, -0.2) is 12.3 Å². The Kier molecular flexibility index (Phi) is 3.80. The number of hydrogen-bond acceptors (Lipinski definition) is 3. The highest BCUT2D eigenvalue weighted by atomic mass is 14.8. The lowest BCUT2D eigenvalue weighted by Crippen LogP contribution is -2.27. The third kappa shape index (κ3) is 3.42. The maximum absolute atomic E-state index is 7.69. The molecule has 0 fully saturated rings. The van der Waals surface area contributed by atoms with Crippen molar-refractivity contribution in [2.24, 2.45) is 11.1 Å². The van der Waals surface area contributed by atoms with Crippen molar-refractivity contribution < 1.29 is 0 Å². The van der Waals surface area contributed by atoms with E-state index in [1.165, 1.54) is 0 Å². The Labute approximate surface area is 74.5 Å². The zero-order valence-corrected chi connectivity index (χ0v) is 8.36. The van der Waals surface area contributed by atoms with Crippen LogP contribution in [0, 0.1) is 10.8 Å². The molecule has 0 aliphatic rings. The molecule has 0 atom stereocenters. The first kappa shape index (κ1) is 11.0. The molecule has 3 nitrogen and oxygen atoms in total. The molecule has 0 aromatic rings. The summed E-state index contributed by atoms with van der Waals surface area (Å²) in [5.41, 5.74) is 6.49. The fraction of sp³-hybridized carbons (Fsp3) is 0.667. The predicted octanol–water partition coefficient (Wildman–Crippen LogP) is 1.46. The number of hydrogen-bond donors (Lipinski definition) is 3. The molecule has 3 heteroatoms. The lowest BCUT2D eigenvalue weighted by atomic mass is 9.88. The van der Waals surface area contributed by atoms with Crippen LogP contribution in [0.5, 0.6) is 0 Å². The van der Waals surface area contributed by atoms with Crippen molar-refractivity contribution in [2.45, 2.75) is 27.7 Å². The van der Waals surface area contributed by atoms with Crippen LogP contribution in [0.15, 0.2) is 11.9 Å². The first-order valence-electron chi connectivity index (χ1n) is 4.18. The highest BCUT2D eigenvalue weighted by molar-refractivity contribution is 6.00. The molecule has 0 aromatic heterocycles. The van der Waals surface area contributed by atoms with E-state index in [2.05, 4.69) is 5.32 Å². The van der Waals surface area contributed by atoms with E-state index in [1.54, 1.807) is 6.20 Å². The van der Waals surface area contributed by atoms with Gasteiger partial charge in [-0.1, -0.05) is 20.8 Å². The van der Waals surface area contributed by atoms with Gasteiger partial charge in [0.05, 0.1) is 11.4 Å². The van der Waals surface area contributed by atoms with Crippen molar-refractivity contribution in [3.05, 3.63) is 11.9 Å². The summed E-state index contributed by atoms with van der Waals surface area (Å²) in [6.45, 7) is 8.74. The average molecular weight is 169 g/mol. The van der Waals surface area contributed by atoms with E-state index in [4.69, 9.17) is 11.1 Å². The van der Waals surface area contributed by atoms with E-state index in [0.29, 0.717) is 11.4 Å². The van der Waals surface area contributed by atoms with Crippen molar-refractivity contribution in [1.29, 1.82) is 5.41 Å². The van der Waals surface area contributed by atoms with Crippen molar-refractivity contribution >= 4 is 5.71 Å². The molecule has 0 spiro atoms. The standard InChI is InChI=1S/C9H19N3/c1-5-12-6-7(10)8(11)9(2,3)4/h6,11-12H,5,10H2,1-4H3/b7-6+,11-8?. The van der Waals surface area contributed by atoms with Gasteiger partial charge in [-0.25, -0.2) is 0 Å². The second kappa shape index (κ2) is 4.14. The van der Waals surface area contributed by atoms with Crippen molar-refractivity contribution in [3.8, 4) is 0 Å².